The van der Waals surface area contributed by atoms with Crippen LogP contribution in [0, 0.1) is 5.82 Å². The molecule has 19 heavy (non-hydrogen) atoms. The molecule has 0 bridgehead atoms. The van der Waals surface area contributed by atoms with Crippen LogP contribution in [0.2, 0.25) is 0 Å². The minimum Gasteiger partial charge on any atom is -0.229 e. The maximum Gasteiger partial charge on any atom is 0.150 e. The maximum atomic E-state index is 14.0. The highest BCUT2D eigenvalue weighted by molar-refractivity contribution is 9.09. The summed E-state index contributed by atoms with van der Waals surface area (Å²) in [5, 5.41) is 1.01. The van der Waals surface area contributed by atoms with E-state index < -0.39 is 15.3 Å². The van der Waals surface area contributed by atoms with Crippen LogP contribution >= 0.6 is 31.9 Å². The van der Waals surface area contributed by atoms with Crippen LogP contribution in [0.4, 0.5) is 4.39 Å². The third-order valence-corrected chi connectivity index (χ3v) is 7.14. The lowest BCUT2D eigenvalue weighted by Gasteiger charge is -2.31. The molecule has 0 saturated carbocycles. The van der Waals surface area contributed by atoms with Gasteiger partial charge >= 0.3 is 0 Å². The zero-order valence-electron chi connectivity index (χ0n) is 10.7. The summed E-state index contributed by atoms with van der Waals surface area (Å²) >= 11 is 6.80. The highest BCUT2D eigenvalue weighted by atomic mass is 79.9. The predicted molar refractivity (Wildman–Crippen MR) is 84.6 cm³/mol. The van der Waals surface area contributed by atoms with E-state index >= 15 is 0 Å². The Kier molecular flexibility index (Phi) is 6.47. The van der Waals surface area contributed by atoms with E-state index in [0.717, 1.165) is 0 Å². The standard InChI is InChI=1S/C13H17Br2FO2S/c1-2-19(17,18)8-7-13(9-14,10-15)11-5-3-4-6-12(11)16/h3-6H,2,7-10H2,1H3. The van der Waals surface area contributed by atoms with Gasteiger partial charge < -0.3 is 0 Å². The van der Waals surface area contributed by atoms with E-state index in [2.05, 4.69) is 31.9 Å². The molecule has 0 aromatic heterocycles. The molecule has 0 radical (unpaired) electrons. The quantitative estimate of drug-likeness (QED) is 0.636. The summed E-state index contributed by atoms with van der Waals surface area (Å²) in [6.07, 6.45) is 0.389. The number of alkyl halides is 2. The second-order valence-electron chi connectivity index (χ2n) is 4.51. The maximum absolute atomic E-state index is 14.0. The molecule has 6 heteroatoms. The fourth-order valence-corrected chi connectivity index (χ4v) is 4.92. The largest absolute Gasteiger partial charge is 0.229 e. The van der Waals surface area contributed by atoms with Crippen LogP contribution < -0.4 is 0 Å². The summed E-state index contributed by atoms with van der Waals surface area (Å²) in [4.78, 5) is 0. The lowest BCUT2D eigenvalue weighted by atomic mass is 9.82. The summed E-state index contributed by atoms with van der Waals surface area (Å²) < 4.78 is 37.3. The minimum absolute atomic E-state index is 0.0645. The first-order valence-electron chi connectivity index (χ1n) is 5.98. The van der Waals surface area contributed by atoms with Crippen molar-refractivity contribution in [2.75, 3.05) is 22.2 Å². The molecule has 0 atom stereocenters. The lowest BCUT2D eigenvalue weighted by molar-refractivity contribution is 0.486. The van der Waals surface area contributed by atoms with Crippen molar-refractivity contribution in [2.45, 2.75) is 18.8 Å². The van der Waals surface area contributed by atoms with Crippen LogP contribution in [0.1, 0.15) is 18.9 Å². The Labute approximate surface area is 131 Å². The van der Waals surface area contributed by atoms with Crippen LogP contribution in [0.15, 0.2) is 24.3 Å². The number of rotatable bonds is 7. The summed E-state index contributed by atoms with van der Waals surface area (Å²) in [6.45, 7) is 1.63. The van der Waals surface area contributed by atoms with Crippen molar-refractivity contribution >= 4 is 41.7 Å². The summed E-state index contributed by atoms with van der Waals surface area (Å²) in [5.74, 6) is -0.116. The number of benzene rings is 1. The third-order valence-electron chi connectivity index (χ3n) is 3.29. The topological polar surface area (TPSA) is 34.1 Å². The molecule has 0 aliphatic carbocycles. The summed E-state index contributed by atoms with van der Waals surface area (Å²) in [5.41, 5.74) is 0.00294. The molecular weight excluding hydrogens is 399 g/mol. The van der Waals surface area contributed by atoms with Crippen molar-refractivity contribution in [3.05, 3.63) is 35.6 Å². The van der Waals surface area contributed by atoms with Gasteiger partial charge in [0.25, 0.3) is 0 Å². The Bertz CT molecular complexity index is 513. The average molecular weight is 416 g/mol. The first kappa shape index (κ1) is 17.1. The average Bonchev–Trinajstić information content (AvgIpc) is 2.42. The fourth-order valence-electron chi connectivity index (χ4n) is 1.83. The van der Waals surface area contributed by atoms with Crippen molar-refractivity contribution in [1.29, 1.82) is 0 Å². The molecule has 108 valence electrons. The Hall–Kier alpha value is 0.0600. The van der Waals surface area contributed by atoms with Crippen LogP contribution in [-0.4, -0.2) is 30.6 Å². The minimum atomic E-state index is -3.06. The van der Waals surface area contributed by atoms with Crippen molar-refractivity contribution in [3.63, 3.8) is 0 Å². The molecule has 0 aliphatic rings. The highest BCUT2D eigenvalue weighted by Gasteiger charge is 2.33. The van der Waals surface area contributed by atoms with Crippen molar-refractivity contribution < 1.29 is 12.8 Å². The van der Waals surface area contributed by atoms with Crippen LogP contribution in [0.25, 0.3) is 0 Å². The van der Waals surface area contributed by atoms with E-state index in [9.17, 15) is 12.8 Å². The SMILES string of the molecule is CCS(=O)(=O)CCC(CBr)(CBr)c1ccccc1F. The van der Waals surface area contributed by atoms with E-state index in [4.69, 9.17) is 0 Å². The number of sulfone groups is 1. The van der Waals surface area contributed by atoms with Gasteiger partial charge in [0.2, 0.25) is 0 Å². The first-order valence-corrected chi connectivity index (χ1v) is 10.0. The molecule has 0 saturated heterocycles. The summed E-state index contributed by atoms with van der Waals surface area (Å²) in [7, 11) is -3.06. The Balaban J connectivity index is 3.08. The van der Waals surface area contributed by atoms with Gasteiger partial charge in [0.1, 0.15) is 15.7 Å². The predicted octanol–water partition coefficient (Wildman–Crippen LogP) is 3.68. The Morgan fingerprint density at radius 3 is 2.26 bits per heavy atom. The van der Waals surface area contributed by atoms with Gasteiger partial charge in [0.05, 0.1) is 5.75 Å². The Morgan fingerprint density at radius 1 is 1.21 bits per heavy atom. The van der Waals surface area contributed by atoms with Gasteiger partial charge in [-0.15, -0.1) is 0 Å². The van der Waals surface area contributed by atoms with Crippen molar-refractivity contribution in [2.24, 2.45) is 0 Å². The molecule has 1 aromatic rings. The zero-order chi connectivity index (χ0) is 14.5. The van der Waals surface area contributed by atoms with Crippen LogP contribution in [0.3, 0.4) is 0 Å². The van der Waals surface area contributed by atoms with Gasteiger partial charge in [0.15, 0.2) is 0 Å². The number of hydrogen-bond donors (Lipinski definition) is 0. The van der Waals surface area contributed by atoms with E-state index in [1.807, 2.05) is 0 Å². The molecule has 1 aromatic carbocycles. The molecule has 2 nitrogen and oxygen atoms in total. The smallest absolute Gasteiger partial charge is 0.150 e. The van der Waals surface area contributed by atoms with Gasteiger partial charge in [0, 0.05) is 21.8 Å². The lowest BCUT2D eigenvalue weighted by Crippen LogP contribution is -2.34. The molecular formula is C13H17Br2FO2S. The highest BCUT2D eigenvalue weighted by Crippen LogP contribution is 2.34. The second-order valence-corrected chi connectivity index (χ2v) is 8.11. The molecule has 0 N–H and O–H groups in total. The van der Waals surface area contributed by atoms with Gasteiger partial charge in [-0.3, -0.25) is 0 Å². The summed E-state index contributed by atoms with van der Waals surface area (Å²) in [6, 6.07) is 6.53. The van der Waals surface area contributed by atoms with E-state index in [1.54, 1.807) is 25.1 Å². The third kappa shape index (κ3) is 4.26. The van der Waals surface area contributed by atoms with Crippen molar-refractivity contribution in [3.8, 4) is 0 Å². The van der Waals surface area contributed by atoms with E-state index in [1.165, 1.54) is 6.07 Å². The van der Waals surface area contributed by atoms with Gasteiger partial charge in [-0.1, -0.05) is 57.0 Å². The molecule has 1 rings (SSSR count). The van der Waals surface area contributed by atoms with E-state index in [0.29, 0.717) is 22.6 Å². The van der Waals surface area contributed by atoms with Crippen LogP contribution in [0.5, 0.6) is 0 Å². The van der Waals surface area contributed by atoms with Crippen molar-refractivity contribution in [1.82, 2.24) is 0 Å². The van der Waals surface area contributed by atoms with Gasteiger partial charge in [-0.05, 0) is 18.1 Å². The van der Waals surface area contributed by atoms with Gasteiger partial charge in [-0.2, -0.15) is 0 Å². The first-order chi connectivity index (χ1) is 8.90. The van der Waals surface area contributed by atoms with Crippen LogP contribution in [-0.2, 0) is 15.3 Å². The Morgan fingerprint density at radius 2 is 1.79 bits per heavy atom. The number of halogens is 3. The molecule has 0 fully saturated rings. The molecule has 0 amide bonds. The second kappa shape index (κ2) is 7.18. The zero-order valence-corrected chi connectivity index (χ0v) is 14.7. The van der Waals surface area contributed by atoms with E-state index in [-0.39, 0.29) is 17.3 Å². The molecule has 0 aliphatic heterocycles. The normalized spacial score (nSPS) is 12.6. The molecule has 0 spiro atoms. The van der Waals surface area contributed by atoms with Gasteiger partial charge in [-0.25, -0.2) is 12.8 Å². The molecule has 0 unspecified atom stereocenters. The molecule has 0 heterocycles. The number of hydrogen-bond acceptors (Lipinski definition) is 2. The fraction of sp³-hybridized carbons (Fsp3) is 0.538. The monoisotopic (exact) mass is 414 g/mol.